The third kappa shape index (κ3) is 1.04. The molecule has 0 fully saturated rings. The Kier molecular flexibility index (Phi) is 1.68. The van der Waals surface area contributed by atoms with Crippen molar-refractivity contribution in [2.75, 3.05) is 0 Å². The summed E-state index contributed by atoms with van der Waals surface area (Å²) in [7, 11) is 0. The summed E-state index contributed by atoms with van der Waals surface area (Å²) in [5, 5.41) is 8.91. The lowest BCUT2D eigenvalue weighted by Crippen LogP contribution is -2.24. The molecule has 1 unspecified atom stereocenters. The van der Waals surface area contributed by atoms with Gasteiger partial charge >= 0.3 is 0 Å². The number of fused-ring (bicyclic) bond motifs is 1. The highest BCUT2D eigenvalue weighted by Crippen LogP contribution is 2.27. The molecule has 2 heterocycles. The van der Waals surface area contributed by atoms with Crippen molar-refractivity contribution in [1.29, 1.82) is 0 Å². The fourth-order valence-electron chi connectivity index (χ4n) is 1.22. The molecule has 0 aliphatic carbocycles. The summed E-state index contributed by atoms with van der Waals surface area (Å²) in [6.45, 7) is 4.53. The zero-order chi connectivity index (χ0) is 8.72. The van der Waals surface area contributed by atoms with E-state index in [4.69, 9.17) is 0 Å². The van der Waals surface area contributed by atoms with Gasteiger partial charge in [-0.15, -0.1) is 10.2 Å². The van der Waals surface area contributed by atoms with Crippen LogP contribution in [0.3, 0.4) is 0 Å². The van der Waals surface area contributed by atoms with Crippen molar-refractivity contribution in [3.63, 3.8) is 0 Å². The van der Waals surface area contributed by atoms with E-state index in [2.05, 4.69) is 17.1 Å². The lowest BCUT2D eigenvalue weighted by molar-refractivity contribution is 0.585. The molecule has 1 aromatic rings. The number of aryl methyl sites for hydroxylation is 1. The predicted octanol–water partition coefficient (Wildman–Crippen LogP) is 0.441. The molecular weight excluding hydrogens is 174 g/mol. The number of rotatable bonds is 0. The molecule has 0 spiro atoms. The van der Waals surface area contributed by atoms with Crippen LogP contribution in [-0.4, -0.2) is 20.0 Å². The number of hydrogen-bond donors (Lipinski definition) is 0. The molecule has 0 bridgehead atoms. The molecule has 2 rings (SSSR count). The van der Waals surface area contributed by atoms with E-state index in [0.717, 1.165) is 11.7 Å². The quantitative estimate of drug-likeness (QED) is 0.585. The van der Waals surface area contributed by atoms with Gasteiger partial charge in [0.2, 0.25) is 0 Å². The summed E-state index contributed by atoms with van der Waals surface area (Å²) in [5.74, 6) is 0. The second kappa shape index (κ2) is 2.58. The first-order valence-electron chi connectivity index (χ1n) is 3.79. The van der Waals surface area contributed by atoms with E-state index in [1.807, 2.05) is 0 Å². The summed E-state index contributed by atoms with van der Waals surface area (Å²) >= 11 is 1.60. The molecule has 1 aliphatic rings. The largest absolute Gasteiger partial charge is 0.283 e. The van der Waals surface area contributed by atoms with Crippen LogP contribution >= 0.6 is 11.8 Å². The van der Waals surface area contributed by atoms with Crippen LogP contribution in [0.15, 0.2) is 9.95 Å². The van der Waals surface area contributed by atoms with E-state index in [1.165, 1.54) is 0 Å². The average molecular weight is 183 g/mol. The Balaban J connectivity index is 2.61. The Bertz CT molecular complexity index is 373. The van der Waals surface area contributed by atoms with Crippen LogP contribution in [0, 0.1) is 6.92 Å². The smallest absolute Gasteiger partial charge is 0.275 e. The molecule has 0 N–H and O–H groups in total. The van der Waals surface area contributed by atoms with Gasteiger partial charge in [-0.1, -0.05) is 18.7 Å². The molecule has 0 saturated heterocycles. The summed E-state index contributed by atoms with van der Waals surface area (Å²) in [6, 6.07) is 0. The number of aromatic nitrogens is 3. The second-order valence-electron chi connectivity index (χ2n) is 2.91. The van der Waals surface area contributed by atoms with Crippen molar-refractivity contribution in [2.45, 2.75) is 30.8 Å². The zero-order valence-electron chi connectivity index (χ0n) is 6.94. The zero-order valence-corrected chi connectivity index (χ0v) is 7.76. The third-order valence-corrected chi connectivity index (χ3v) is 2.88. The number of nitrogens with zero attached hydrogens (tertiary/aromatic N) is 3. The number of thioether (sulfide) groups is 1. The van der Waals surface area contributed by atoms with Crippen molar-refractivity contribution < 1.29 is 0 Å². The molecule has 12 heavy (non-hydrogen) atoms. The highest BCUT2D eigenvalue weighted by Gasteiger charge is 2.21. The normalized spacial score (nSPS) is 21.0. The van der Waals surface area contributed by atoms with Crippen molar-refractivity contribution in [3.8, 4) is 0 Å². The van der Waals surface area contributed by atoms with Gasteiger partial charge in [-0.3, -0.25) is 9.36 Å². The lowest BCUT2D eigenvalue weighted by atomic mass is 10.4. The van der Waals surface area contributed by atoms with Crippen LogP contribution in [0.5, 0.6) is 0 Å². The van der Waals surface area contributed by atoms with Gasteiger partial charge in [0.1, 0.15) is 5.69 Å². The molecule has 5 heteroatoms. The molecular formula is C7H9N3OS. The SMILES string of the molecule is Cc1nnc2n(c1=O)CC(C)S2. The Morgan fingerprint density at radius 2 is 2.33 bits per heavy atom. The van der Waals surface area contributed by atoms with Crippen LogP contribution in [-0.2, 0) is 6.54 Å². The van der Waals surface area contributed by atoms with Crippen molar-refractivity contribution >= 4 is 11.8 Å². The monoisotopic (exact) mass is 183 g/mol. The maximum atomic E-state index is 11.5. The molecule has 64 valence electrons. The van der Waals surface area contributed by atoms with Gasteiger partial charge in [0.25, 0.3) is 5.56 Å². The first-order chi connectivity index (χ1) is 5.68. The molecule has 1 aromatic heterocycles. The Morgan fingerprint density at radius 1 is 1.58 bits per heavy atom. The Hall–Kier alpha value is -0.840. The second-order valence-corrected chi connectivity index (χ2v) is 4.32. The van der Waals surface area contributed by atoms with E-state index in [9.17, 15) is 4.79 Å². The molecule has 0 amide bonds. The minimum Gasteiger partial charge on any atom is -0.283 e. The van der Waals surface area contributed by atoms with Gasteiger partial charge in [0.05, 0.1) is 0 Å². The average Bonchev–Trinajstić information content (AvgIpc) is 2.39. The predicted molar refractivity (Wildman–Crippen MR) is 46.3 cm³/mol. The standard InChI is InChI=1S/C7H9N3OS/c1-4-3-10-6(11)5(2)8-9-7(10)12-4/h4H,3H2,1-2H3. The minimum atomic E-state index is -0.00292. The molecule has 0 aromatic carbocycles. The fraction of sp³-hybridized carbons (Fsp3) is 0.571. The van der Waals surface area contributed by atoms with Gasteiger partial charge < -0.3 is 0 Å². The van der Waals surface area contributed by atoms with Crippen LogP contribution in [0.2, 0.25) is 0 Å². The van der Waals surface area contributed by atoms with Gasteiger partial charge in [0.15, 0.2) is 5.16 Å². The first-order valence-corrected chi connectivity index (χ1v) is 4.67. The van der Waals surface area contributed by atoms with E-state index in [0.29, 0.717) is 10.9 Å². The van der Waals surface area contributed by atoms with E-state index in [-0.39, 0.29) is 5.56 Å². The molecule has 1 atom stereocenters. The van der Waals surface area contributed by atoms with Crippen LogP contribution < -0.4 is 5.56 Å². The minimum absolute atomic E-state index is 0.00292. The Morgan fingerprint density at radius 3 is 3.08 bits per heavy atom. The first kappa shape index (κ1) is 7.79. The maximum Gasteiger partial charge on any atom is 0.275 e. The van der Waals surface area contributed by atoms with Crippen molar-refractivity contribution in [3.05, 3.63) is 16.0 Å². The lowest BCUT2D eigenvalue weighted by Gasteiger charge is -1.98. The molecule has 0 saturated carbocycles. The van der Waals surface area contributed by atoms with E-state index in [1.54, 1.807) is 23.3 Å². The van der Waals surface area contributed by atoms with Gasteiger partial charge in [-0.2, -0.15) is 0 Å². The topological polar surface area (TPSA) is 47.8 Å². The van der Waals surface area contributed by atoms with Crippen LogP contribution in [0.25, 0.3) is 0 Å². The third-order valence-electron chi connectivity index (χ3n) is 1.82. The van der Waals surface area contributed by atoms with Crippen LogP contribution in [0.1, 0.15) is 12.6 Å². The number of hydrogen-bond acceptors (Lipinski definition) is 4. The van der Waals surface area contributed by atoms with E-state index < -0.39 is 0 Å². The molecule has 4 nitrogen and oxygen atoms in total. The summed E-state index contributed by atoms with van der Waals surface area (Å²) in [4.78, 5) is 11.5. The van der Waals surface area contributed by atoms with Gasteiger partial charge in [-0.05, 0) is 6.92 Å². The van der Waals surface area contributed by atoms with Crippen LogP contribution in [0.4, 0.5) is 0 Å². The Labute approximate surface area is 74.0 Å². The van der Waals surface area contributed by atoms with Crippen molar-refractivity contribution in [1.82, 2.24) is 14.8 Å². The maximum absolute atomic E-state index is 11.5. The summed E-state index contributed by atoms with van der Waals surface area (Å²) < 4.78 is 1.69. The summed E-state index contributed by atoms with van der Waals surface area (Å²) in [6.07, 6.45) is 0. The van der Waals surface area contributed by atoms with E-state index >= 15 is 0 Å². The van der Waals surface area contributed by atoms with Crippen molar-refractivity contribution in [2.24, 2.45) is 0 Å². The fourth-order valence-corrected chi connectivity index (χ4v) is 2.18. The van der Waals surface area contributed by atoms with Gasteiger partial charge in [-0.25, -0.2) is 0 Å². The molecule has 0 radical (unpaired) electrons. The highest BCUT2D eigenvalue weighted by atomic mass is 32.2. The molecule has 1 aliphatic heterocycles. The van der Waals surface area contributed by atoms with Gasteiger partial charge in [0, 0.05) is 11.8 Å². The highest BCUT2D eigenvalue weighted by molar-refractivity contribution is 7.99. The summed E-state index contributed by atoms with van der Waals surface area (Å²) in [5.41, 5.74) is 0.477.